The molecule has 2 atom stereocenters. The minimum absolute atomic E-state index is 0.173. The van der Waals surface area contributed by atoms with Crippen molar-refractivity contribution < 1.29 is 14.4 Å². The number of carbonyl (C=O) groups is 1. The number of rotatable bonds is 7. The Kier molecular flexibility index (Phi) is 5.86. The Morgan fingerprint density at radius 2 is 2.28 bits per heavy atom. The number of nitrogens with zero attached hydrogens (tertiary/aromatic N) is 3. The van der Waals surface area contributed by atoms with Crippen molar-refractivity contribution in [3.05, 3.63) is 35.5 Å². The van der Waals surface area contributed by atoms with E-state index in [0.29, 0.717) is 24.8 Å². The molecule has 1 amide bonds. The van der Waals surface area contributed by atoms with Gasteiger partial charge in [0.1, 0.15) is 6.54 Å². The van der Waals surface area contributed by atoms with Crippen LogP contribution < -0.4 is 5.32 Å². The topological polar surface area (TPSA) is 93.2 Å². The summed E-state index contributed by atoms with van der Waals surface area (Å²) in [7, 11) is 0. The molecule has 1 aliphatic rings. The van der Waals surface area contributed by atoms with Crippen molar-refractivity contribution in [2.24, 2.45) is 5.92 Å². The van der Waals surface area contributed by atoms with Crippen molar-refractivity contribution in [2.45, 2.75) is 58.1 Å². The van der Waals surface area contributed by atoms with Gasteiger partial charge in [0.2, 0.25) is 0 Å². The molecule has 2 heterocycles. The molecule has 0 aromatic carbocycles. The summed E-state index contributed by atoms with van der Waals surface area (Å²) < 4.78 is 6.95. The molecular formula is C18H26N4O3. The third-order valence-electron chi connectivity index (χ3n) is 4.78. The van der Waals surface area contributed by atoms with Gasteiger partial charge in [-0.05, 0) is 44.1 Å². The Balaban J connectivity index is 1.41. The van der Waals surface area contributed by atoms with Crippen LogP contribution in [0.1, 0.15) is 60.3 Å². The number of aliphatic hydroxyl groups excluding tert-OH is 1. The van der Waals surface area contributed by atoms with E-state index in [1.807, 2.05) is 13.1 Å². The molecule has 1 fully saturated rings. The standard InChI is InChI=1S/C18H26N4O3/c1-13-10-20-22(11-13)12-15-9-16(21-25-15)18(24)19-8-4-6-14-5-2-3-7-17(14)23/h9-11,14,17,23H,2-8,12H2,1H3,(H,19,24). The number of nitrogens with one attached hydrogen (secondary N) is 1. The third kappa shape index (κ3) is 4.92. The molecule has 136 valence electrons. The van der Waals surface area contributed by atoms with Gasteiger partial charge in [0.05, 0.1) is 12.3 Å². The van der Waals surface area contributed by atoms with Crippen molar-refractivity contribution in [3.63, 3.8) is 0 Å². The highest BCUT2D eigenvalue weighted by molar-refractivity contribution is 5.92. The summed E-state index contributed by atoms with van der Waals surface area (Å²) in [5.74, 6) is 0.747. The molecular weight excluding hydrogens is 320 g/mol. The van der Waals surface area contributed by atoms with Gasteiger partial charge in [0.25, 0.3) is 5.91 Å². The van der Waals surface area contributed by atoms with E-state index in [0.717, 1.165) is 37.7 Å². The van der Waals surface area contributed by atoms with Crippen molar-refractivity contribution in [3.8, 4) is 0 Å². The van der Waals surface area contributed by atoms with E-state index >= 15 is 0 Å². The lowest BCUT2D eigenvalue weighted by atomic mass is 9.83. The van der Waals surface area contributed by atoms with Gasteiger partial charge in [-0.3, -0.25) is 9.48 Å². The summed E-state index contributed by atoms with van der Waals surface area (Å²) in [4.78, 5) is 12.1. The van der Waals surface area contributed by atoms with Gasteiger partial charge in [-0.15, -0.1) is 0 Å². The summed E-state index contributed by atoms with van der Waals surface area (Å²) >= 11 is 0. The zero-order valence-corrected chi connectivity index (χ0v) is 14.6. The van der Waals surface area contributed by atoms with Gasteiger partial charge in [-0.25, -0.2) is 0 Å². The molecule has 0 aliphatic heterocycles. The molecule has 0 radical (unpaired) electrons. The van der Waals surface area contributed by atoms with Gasteiger partial charge in [0, 0.05) is 18.8 Å². The summed E-state index contributed by atoms with van der Waals surface area (Å²) in [5, 5.41) is 20.8. The minimum Gasteiger partial charge on any atom is -0.393 e. The highest BCUT2D eigenvalue weighted by Gasteiger charge is 2.22. The van der Waals surface area contributed by atoms with Gasteiger partial charge in [0.15, 0.2) is 11.5 Å². The van der Waals surface area contributed by atoms with E-state index < -0.39 is 0 Å². The maximum Gasteiger partial charge on any atom is 0.273 e. The average molecular weight is 346 g/mol. The lowest BCUT2D eigenvalue weighted by molar-refractivity contribution is 0.0641. The molecule has 0 bridgehead atoms. The Morgan fingerprint density at radius 1 is 1.44 bits per heavy atom. The van der Waals surface area contributed by atoms with Gasteiger partial charge >= 0.3 is 0 Å². The average Bonchev–Trinajstić information content (AvgIpc) is 3.22. The van der Waals surface area contributed by atoms with Crippen molar-refractivity contribution in [2.75, 3.05) is 6.54 Å². The molecule has 2 unspecified atom stereocenters. The second kappa shape index (κ2) is 8.29. The molecule has 2 N–H and O–H groups in total. The second-order valence-corrected chi connectivity index (χ2v) is 6.90. The third-order valence-corrected chi connectivity index (χ3v) is 4.78. The highest BCUT2D eigenvalue weighted by Crippen LogP contribution is 2.27. The Hall–Kier alpha value is -2.15. The number of aryl methyl sites for hydroxylation is 1. The molecule has 7 nitrogen and oxygen atoms in total. The first-order chi connectivity index (χ1) is 12.1. The Bertz CT molecular complexity index is 694. The van der Waals surface area contributed by atoms with Crippen LogP contribution in [0.4, 0.5) is 0 Å². The fourth-order valence-corrected chi connectivity index (χ4v) is 3.39. The summed E-state index contributed by atoms with van der Waals surface area (Å²) in [6.45, 7) is 3.01. The summed E-state index contributed by atoms with van der Waals surface area (Å²) in [5.41, 5.74) is 1.36. The molecule has 1 saturated carbocycles. The number of hydrogen-bond acceptors (Lipinski definition) is 5. The van der Waals surface area contributed by atoms with Crippen LogP contribution in [0.3, 0.4) is 0 Å². The van der Waals surface area contributed by atoms with E-state index in [-0.39, 0.29) is 17.7 Å². The molecule has 0 saturated heterocycles. The smallest absolute Gasteiger partial charge is 0.273 e. The second-order valence-electron chi connectivity index (χ2n) is 6.90. The van der Waals surface area contributed by atoms with E-state index in [4.69, 9.17) is 4.52 Å². The molecule has 25 heavy (non-hydrogen) atoms. The van der Waals surface area contributed by atoms with Crippen LogP contribution in [-0.2, 0) is 6.54 Å². The molecule has 1 aliphatic carbocycles. The first-order valence-corrected chi connectivity index (χ1v) is 9.03. The largest absolute Gasteiger partial charge is 0.393 e. The van der Waals surface area contributed by atoms with E-state index in [2.05, 4.69) is 15.6 Å². The van der Waals surface area contributed by atoms with Crippen molar-refractivity contribution in [1.29, 1.82) is 0 Å². The maximum absolute atomic E-state index is 12.1. The monoisotopic (exact) mass is 346 g/mol. The zero-order chi connectivity index (χ0) is 17.6. The van der Waals surface area contributed by atoms with Gasteiger partial charge < -0.3 is 14.9 Å². The van der Waals surface area contributed by atoms with Crippen LogP contribution in [0.15, 0.2) is 23.0 Å². The zero-order valence-electron chi connectivity index (χ0n) is 14.6. The SMILES string of the molecule is Cc1cnn(Cc2cc(C(=O)NCCCC3CCCCC3O)no2)c1. The predicted octanol–water partition coefficient (Wildman–Crippen LogP) is 2.29. The summed E-state index contributed by atoms with van der Waals surface area (Å²) in [6.07, 6.45) is 9.65. The quantitative estimate of drug-likeness (QED) is 0.750. The lowest BCUT2D eigenvalue weighted by Crippen LogP contribution is -2.28. The number of aromatic nitrogens is 3. The Morgan fingerprint density at radius 3 is 3.04 bits per heavy atom. The van der Waals surface area contributed by atoms with Crippen molar-refractivity contribution >= 4 is 5.91 Å². The maximum atomic E-state index is 12.1. The highest BCUT2D eigenvalue weighted by atomic mass is 16.5. The number of carbonyl (C=O) groups excluding carboxylic acids is 1. The predicted molar refractivity (Wildman–Crippen MR) is 92.1 cm³/mol. The van der Waals surface area contributed by atoms with Crippen LogP contribution in [-0.4, -0.2) is 38.6 Å². The first-order valence-electron chi connectivity index (χ1n) is 9.03. The van der Waals surface area contributed by atoms with Crippen LogP contribution >= 0.6 is 0 Å². The van der Waals surface area contributed by atoms with Crippen LogP contribution in [0.25, 0.3) is 0 Å². The van der Waals surface area contributed by atoms with Crippen LogP contribution in [0, 0.1) is 12.8 Å². The Labute approximate surface area is 147 Å². The van der Waals surface area contributed by atoms with Gasteiger partial charge in [-0.2, -0.15) is 5.10 Å². The number of hydrogen-bond donors (Lipinski definition) is 2. The summed E-state index contributed by atoms with van der Waals surface area (Å²) in [6, 6.07) is 1.65. The fourth-order valence-electron chi connectivity index (χ4n) is 3.39. The molecule has 0 spiro atoms. The van der Waals surface area contributed by atoms with E-state index in [9.17, 15) is 9.90 Å². The molecule has 7 heteroatoms. The fraction of sp³-hybridized carbons (Fsp3) is 0.611. The number of amides is 1. The lowest BCUT2D eigenvalue weighted by Gasteiger charge is -2.27. The van der Waals surface area contributed by atoms with Gasteiger partial charge in [-0.1, -0.05) is 18.0 Å². The minimum atomic E-state index is -0.226. The molecule has 3 rings (SSSR count). The first kappa shape index (κ1) is 17.7. The van der Waals surface area contributed by atoms with Crippen molar-refractivity contribution in [1.82, 2.24) is 20.3 Å². The number of aliphatic hydroxyl groups is 1. The normalized spacial score (nSPS) is 20.6. The van der Waals surface area contributed by atoms with E-state index in [1.165, 1.54) is 6.42 Å². The molecule has 2 aromatic rings. The molecule has 2 aromatic heterocycles. The van der Waals surface area contributed by atoms with E-state index in [1.54, 1.807) is 16.9 Å². The van der Waals surface area contributed by atoms with Crippen LogP contribution in [0.2, 0.25) is 0 Å². The van der Waals surface area contributed by atoms with Crippen LogP contribution in [0.5, 0.6) is 0 Å².